The van der Waals surface area contributed by atoms with Gasteiger partial charge in [0.1, 0.15) is 19.3 Å². The fourth-order valence-electron chi connectivity index (χ4n) is 5.63. The molecule has 2 aromatic rings. The summed E-state index contributed by atoms with van der Waals surface area (Å²) in [6.07, 6.45) is 12.1. The molecule has 0 amide bonds. The van der Waals surface area contributed by atoms with E-state index < -0.39 is 15.6 Å². The Morgan fingerprint density at radius 2 is 1.12 bits per heavy atom. The third-order valence-corrected chi connectivity index (χ3v) is 8.88. The van der Waals surface area contributed by atoms with Crippen LogP contribution in [0, 0.1) is 30.6 Å². The standard InChI is InChI=1S/C31H52O8P2.2Na/c1-22(2)12-9-13-23(3)14-10-15-24(4)16-11-17-25(5)20-21-27-26(6)30(38-40(32,33)34)28-18-7-8-19-29(28)31(27)39-41(35,36)37;;/h7-8,18-19,22-25H,9-17,20-21H2,1-6H3,(H2,32,33,34)(H2,35,36,37);;/q;2*+1/p-2. The fraction of sp³-hybridized carbons (Fsp3) is 0.677. The van der Waals surface area contributed by atoms with E-state index in [-0.39, 0.29) is 81.4 Å². The summed E-state index contributed by atoms with van der Waals surface area (Å²) in [4.78, 5) is 42.3. The van der Waals surface area contributed by atoms with Gasteiger partial charge in [-0.25, -0.2) is 4.57 Å². The molecular weight excluding hydrogens is 608 g/mol. The van der Waals surface area contributed by atoms with Crippen molar-refractivity contribution in [2.75, 3.05) is 0 Å². The molecule has 0 saturated carbocycles. The van der Waals surface area contributed by atoms with Crippen LogP contribution >= 0.6 is 15.6 Å². The molecule has 3 unspecified atom stereocenters. The molecule has 0 radical (unpaired) electrons. The van der Waals surface area contributed by atoms with Crippen LogP contribution in [0.3, 0.4) is 0 Å². The molecule has 0 saturated heterocycles. The van der Waals surface area contributed by atoms with Gasteiger partial charge in [0.15, 0.2) is 0 Å². The predicted octanol–water partition coefficient (Wildman–Crippen LogP) is 1.84. The van der Waals surface area contributed by atoms with Crippen molar-refractivity contribution < 1.29 is 96.9 Å². The Labute approximate surface area is 303 Å². The number of fused-ring (bicyclic) bond motifs is 1. The topological polar surface area (TPSA) is 139 Å². The zero-order valence-corrected chi connectivity index (χ0v) is 33.4. The summed E-state index contributed by atoms with van der Waals surface area (Å²) in [6, 6.07) is 6.35. The van der Waals surface area contributed by atoms with E-state index >= 15 is 0 Å². The molecular formula is C31H50Na2O8P2. The Bertz CT molecular complexity index is 1200. The summed E-state index contributed by atoms with van der Waals surface area (Å²) in [5, 5.41) is 0.506. The molecule has 43 heavy (non-hydrogen) atoms. The molecule has 8 nitrogen and oxygen atoms in total. The maximum Gasteiger partial charge on any atom is 1.00 e. The SMILES string of the molecule is Cc1c(CCC(C)CCCC(C)CCCC(C)CCCC(C)C)c(OP(=O)(O)O)c2ccccc2c1OP(=O)([O-])[O-].[Na+].[Na+]. The van der Waals surface area contributed by atoms with Crippen molar-refractivity contribution in [3.63, 3.8) is 0 Å². The van der Waals surface area contributed by atoms with Gasteiger partial charge in [-0.2, -0.15) is 0 Å². The maximum absolute atomic E-state index is 11.8. The predicted molar refractivity (Wildman–Crippen MR) is 162 cm³/mol. The molecule has 0 bridgehead atoms. The molecule has 234 valence electrons. The second-order valence-electron chi connectivity index (χ2n) is 12.5. The number of hydrogen-bond donors (Lipinski definition) is 2. The molecule has 2 rings (SSSR count). The van der Waals surface area contributed by atoms with E-state index in [1.54, 1.807) is 25.1 Å². The van der Waals surface area contributed by atoms with E-state index in [4.69, 9.17) is 9.05 Å². The maximum atomic E-state index is 11.8. The summed E-state index contributed by atoms with van der Waals surface area (Å²) in [6.45, 7) is 13.0. The van der Waals surface area contributed by atoms with Crippen molar-refractivity contribution in [1.29, 1.82) is 0 Å². The third-order valence-electron chi connectivity index (χ3n) is 8.05. The van der Waals surface area contributed by atoms with Crippen molar-refractivity contribution in [2.24, 2.45) is 23.7 Å². The summed E-state index contributed by atoms with van der Waals surface area (Å²) in [5.41, 5.74) is 0.747. The first kappa shape index (κ1) is 43.6. The summed E-state index contributed by atoms with van der Waals surface area (Å²) < 4.78 is 33.3. The number of phosphoric ester groups is 2. The van der Waals surface area contributed by atoms with E-state index in [1.807, 2.05) is 0 Å². The van der Waals surface area contributed by atoms with Gasteiger partial charge in [0.2, 0.25) is 0 Å². The van der Waals surface area contributed by atoms with E-state index in [0.717, 1.165) is 31.1 Å². The van der Waals surface area contributed by atoms with E-state index in [2.05, 4.69) is 34.6 Å². The Kier molecular flexibility index (Phi) is 21.0. The molecule has 0 fully saturated rings. The van der Waals surface area contributed by atoms with Gasteiger partial charge in [-0.3, -0.25) is 9.79 Å². The fourth-order valence-corrected chi connectivity index (χ4v) is 6.54. The molecule has 0 aliphatic carbocycles. The molecule has 0 heterocycles. The smallest absolute Gasteiger partial charge is 0.780 e. The van der Waals surface area contributed by atoms with E-state index in [9.17, 15) is 28.7 Å². The minimum Gasteiger partial charge on any atom is -0.780 e. The monoisotopic (exact) mass is 658 g/mol. The van der Waals surface area contributed by atoms with Gasteiger partial charge in [0.25, 0.3) is 0 Å². The largest absolute Gasteiger partial charge is 1.00 e. The van der Waals surface area contributed by atoms with Gasteiger partial charge in [0, 0.05) is 16.3 Å². The zero-order chi connectivity index (χ0) is 30.8. The van der Waals surface area contributed by atoms with Crippen molar-refractivity contribution in [3.8, 4) is 11.5 Å². The Balaban J connectivity index is 0.00000882. The van der Waals surface area contributed by atoms with Gasteiger partial charge < -0.3 is 23.4 Å². The van der Waals surface area contributed by atoms with Gasteiger partial charge in [-0.05, 0) is 49.0 Å². The van der Waals surface area contributed by atoms with Crippen LogP contribution in [-0.4, -0.2) is 9.79 Å². The quantitative estimate of drug-likeness (QED) is 0.172. The van der Waals surface area contributed by atoms with Gasteiger partial charge in [-0.15, -0.1) is 0 Å². The van der Waals surface area contributed by atoms with E-state index in [0.29, 0.717) is 35.8 Å². The molecule has 3 atom stereocenters. The number of hydrogen-bond acceptors (Lipinski definition) is 6. The van der Waals surface area contributed by atoms with Crippen LogP contribution in [0.5, 0.6) is 11.5 Å². The first-order valence-electron chi connectivity index (χ1n) is 15.1. The normalized spacial score (nSPS) is 14.1. The van der Waals surface area contributed by atoms with Crippen LogP contribution in [-0.2, 0) is 15.6 Å². The van der Waals surface area contributed by atoms with E-state index in [1.165, 1.54) is 44.6 Å². The van der Waals surface area contributed by atoms with Crippen LogP contribution in [0.1, 0.15) is 110 Å². The van der Waals surface area contributed by atoms with Crippen molar-refractivity contribution >= 4 is 26.4 Å². The molecule has 0 aromatic heterocycles. The molecule has 0 aliphatic rings. The average molecular weight is 659 g/mol. The number of rotatable bonds is 19. The molecule has 0 aliphatic heterocycles. The first-order chi connectivity index (χ1) is 19.1. The molecule has 2 aromatic carbocycles. The van der Waals surface area contributed by atoms with Crippen LogP contribution in [0.25, 0.3) is 10.8 Å². The van der Waals surface area contributed by atoms with Crippen molar-refractivity contribution in [3.05, 3.63) is 35.4 Å². The van der Waals surface area contributed by atoms with Crippen LogP contribution in [0.15, 0.2) is 24.3 Å². The molecule has 2 N–H and O–H groups in total. The summed E-state index contributed by atoms with van der Waals surface area (Å²) in [5.74, 6) is 2.43. The molecule has 0 spiro atoms. The minimum atomic E-state index is -5.37. The average Bonchev–Trinajstić information content (AvgIpc) is 2.84. The van der Waals surface area contributed by atoms with Crippen LogP contribution in [0.2, 0.25) is 0 Å². The van der Waals surface area contributed by atoms with Crippen molar-refractivity contribution in [2.45, 2.75) is 112 Å². The second kappa shape index (κ2) is 20.8. The number of benzene rings is 2. The van der Waals surface area contributed by atoms with Crippen LogP contribution < -0.4 is 77.9 Å². The summed E-state index contributed by atoms with van der Waals surface area (Å²) in [7, 11) is -10.3. The zero-order valence-electron chi connectivity index (χ0n) is 27.6. The second-order valence-corrected chi connectivity index (χ2v) is 14.7. The van der Waals surface area contributed by atoms with Gasteiger partial charge in [-0.1, -0.05) is 117 Å². The number of phosphoric acid groups is 2. The Morgan fingerprint density at radius 1 is 0.698 bits per heavy atom. The Hall–Kier alpha value is 0.600. The van der Waals surface area contributed by atoms with Gasteiger partial charge >= 0.3 is 66.9 Å². The van der Waals surface area contributed by atoms with Crippen LogP contribution in [0.4, 0.5) is 0 Å². The first-order valence-corrected chi connectivity index (χ1v) is 18.1. The third kappa shape index (κ3) is 16.8. The summed E-state index contributed by atoms with van der Waals surface area (Å²) >= 11 is 0. The minimum absolute atomic E-state index is 0. The van der Waals surface area contributed by atoms with Crippen molar-refractivity contribution in [1.82, 2.24) is 0 Å². The molecule has 12 heteroatoms. The Morgan fingerprint density at radius 3 is 1.53 bits per heavy atom. The van der Waals surface area contributed by atoms with Gasteiger partial charge in [0.05, 0.1) is 0 Å².